The number of esters is 1. The van der Waals surface area contributed by atoms with Gasteiger partial charge in [-0.25, -0.2) is 9.78 Å². The molecule has 0 radical (unpaired) electrons. The second-order valence-electron chi connectivity index (χ2n) is 7.55. The van der Waals surface area contributed by atoms with E-state index < -0.39 is 5.97 Å². The Labute approximate surface area is 175 Å². The Morgan fingerprint density at radius 1 is 1.28 bits per heavy atom. The monoisotopic (exact) mass is 417 g/mol. The van der Waals surface area contributed by atoms with Gasteiger partial charge in [0.2, 0.25) is 0 Å². The highest BCUT2D eigenvalue weighted by Crippen LogP contribution is 2.27. The van der Waals surface area contributed by atoms with Crippen LogP contribution in [-0.4, -0.2) is 34.7 Å². The van der Waals surface area contributed by atoms with Crippen LogP contribution in [0.5, 0.6) is 0 Å². The van der Waals surface area contributed by atoms with E-state index in [2.05, 4.69) is 22.4 Å². The fourth-order valence-corrected chi connectivity index (χ4v) is 4.53. The Bertz CT molecular complexity index is 840. The first-order chi connectivity index (χ1) is 13.9. The first kappa shape index (κ1) is 21.4. The third kappa shape index (κ3) is 5.82. The van der Waals surface area contributed by atoms with Crippen molar-refractivity contribution in [1.82, 2.24) is 15.5 Å². The summed E-state index contributed by atoms with van der Waals surface area (Å²) in [5, 5.41) is 7.46. The van der Waals surface area contributed by atoms with E-state index in [4.69, 9.17) is 9.26 Å². The van der Waals surface area contributed by atoms with Gasteiger partial charge in [0, 0.05) is 23.6 Å². The van der Waals surface area contributed by atoms with E-state index in [0.29, 0.717) is 22.3 Å². The molecule has 156 valence electrons. The molecule has 7 nitrogen and oxygen atoms in total. The Hall–Kier alpha value is -2.35. The summed E-state index contributed by atoms with van der Waals surface area (Å²) in [4.78, 5) is 29.0. The first-order valence-corrected chi connectivity index (χ1v) is 10.9. The number of aryl methyl sites for hydroxylation is 2. The zero-order valence-corrected chi connectivity index (χ0v) is 17.9. The molecule has 2 aromatic rings. The summed E-state index contributed by atoms with van der Waals surface area (Å²) in [6.07, 6.45) is 5.82. The number of amides is 1. The Morgan fingerprint density at radius 3 is 2.72 bits per heavy atom. The van der Waals surface area contributed by atoms with Gasteiger partial charge in [-0.1, -0.05) is 12.1 Å². The molecule has 1 fully saturated rings. The number of ether oxygens (including phenoxy) is 1. The number of nitrogens with one attached hydrogen (secondary N) is 1. The van der Waals surface area contributed by atoms with E-state index >= 15 is 0 Å². The van der Waals surface area contributed by atoms with Crippen LogP contribution in [0.4, 0.5) is 0 Å². The summed E-state index contributed by atoms with van der Waals surface area (Å²) in [5.41, 5.74) is 2.16. The largest absolute Gasteiger partial charge is 0.452 e. The molecule has 1 amide bonds. The van der Waals surface area contributed by atoms with Crippen molar-refractivity contribution in [2.75, 3.05) is 6.61 Å². The van der Waals surface area contributed by atoms with E-state index in [0.717, 1.165) is 42.7 Å². The minimum atomic E-state index is -0.549. The molecule has 0 spiro atoms. The normalized spacial score (nSPS) is 19.0. The highest BCUT2D eigenvalue weighted by molar-refractivity contribution is 7.98. The van der Waals surface area contributed by atoms with Gasteiger partial charge in [0.1, 0.15) is 10.8 Å². The Kier molecular flexibility index (Phi) is 7.30. The van der Waals surface area contributed by atoms with Gasteiger partial charge < -0.3 is 14.6 Å². The van der Waals surface area contributed by atoms with Crippen molar-refractivity contribution in [3.63, 3.8) is 0 Å². The fourth-order valence-electron chi connectivity index (χ4n) is 3.39. The van der Waals surface area contributed by atoms with Crippen molar-refractivity contribution in [1.29, 1.82) is 0 Å². The molecule has 0 aromatic carbocycles. The van der Waals surface area contributed by atoms with Crippen LogP contribution < -0.4 is 5.32 Å². The van der Waals surface area contributed by atoms with Gasteiger partial charge >= 0.3 is 5.97 Å². The molecule has 0 atom stereocenters. The molecule has 0 unspecified atom stereocenters. The minimum absolute atomic E-state index is 0.178. The number of carbonyl (C=O) groups is 2. The molecule has 2 aromatic heterocycles. The number of rotatable bonds is 7. The molecule has 8 heteroatoms. The van der Waals surface area contributed by atoms with Gasteiger partial charge in [0.15, 0.2) is 6.61 Å². The highest BCUT2D eigenvalue weighted by atomic mass is 32.2. The summed E-state index contributed by atoms with van der Waals surface area (Å²) < 4.78 is 10.4. The van der Waals surface area contributed by atoms with Gasteiger partial charge in [-0.2, -0.15) is 0 Å². The lowest BCUT2D eigenvalue weighted by molar-refractivity contribution is -0.125. The summed E-state index contributed by atoms with van der Waals surface area (Å²) >= 11 is 1.41. The lowest BCUT2D eigenvalue weighted by Gasteiger charge is -2.26. The summed E-state index contributed by atoms with van der Waals surface area (Å²) in [7, 11) is 0. The van der Waals surface area contributed by atoms with Crippen LogP contribution in [0, 0.1) is 19.8 Å². The van der Waals surface area contributed by atoms with Crippen molar-refractivity contribution in [3.05, 3.63) is 40.9 Å². The van der Waals surface area contributed by atoms with E-state index in [-0.39, 0.29) is 18.6 Å². The van der Waals surface area contributed by atoms with Crippen LogP contribution in [0.1, 0.15) is 60.0 Å². The molecule has 0 aliphatic heterocycles. The number of thioether (sulfide) groups is 1. The van der Waals surface area contributed by atoms with Crippen LogP contribution in [0.3, 0.4) is 0 Å². The maximum Gasteiger partial charge on any atom is 0.341 e. The number of hydrogen-bond donors (Lipinski definition) is 1. The van der Waals surface area contributed by atoms with Crippen LogP contribution in [0.2, 0.25) is 0 Å². The predicted octanol–water partition coefficient (Wildman–Crippen LogP) is 3.83. The number of aromatic nitrogens is 2. The van der Waals surface area contributed by atoms with Crippen molar-refractivity contribution in [2.24, 2.45) is 5.92 Å². The first-order valence-electron chi connectivity index (χ1n) is 9.90. The molecule has 3 rings (SSSR count). The lowest BCUT2D eigenvalue weighted by atomic mass is 9.87. The standard InChI is InChI=1S/C21H27N3O4S/c1-13-6-8-16(9-7-13)23-19(25)11-27-21(26)17-5-4-10-22-20(17)29-12-18-14(2)24-28-15(18)3/h4-5,10,13,16H,6-9,11-12H2,1-3H3,(H,23,25). The lowest BCUT2D eigenvalue weighted by Crippen LogP contribution is -2.39. The summed E-state index contributed by atoms with van der Waals surface area (Å²) in [6.45, 7) is 5.68. The molecular formula is C21H27N3O4S. The quantitative estimate of drug-likeness (QED) is 0.540. The predicted molar refractivity (Wildman–Crippen MR) is 110 cm³/mol. The van der Waals surface area contributed by atoms with Gasteiger partial charge in [-0.3, -0.25) is 4.79 Å². The smallest absolute Gasteiger partial charge is 0.341 e. The van der Waals surface area contributed by atoms with Crippen LogP contribution in [-0.2, 0) is 15.3 Å². The SMILES string of the molecule is Cc1noc(C)c1CSc1ncccc1C(=O)OCC(=O)NC1CCC(C)CC1. The molecule has 1 N–H and O–H groups in total. The molecule has 1 aliphatic carbocycles. The zero-order chi connectivity index (χ0) is 20.8. The fraction of sp³-hybridized carbons (Fsp3) is 0.524. The average molecular weight is 418 g/mol. The van der Waals surface area contributed by atoms with Crippen LogP contribution in [0.25, 0.3) is 0 Å². The number of pyridine rings is 1. The van der Waals surface area contributed by atoms with E-state index in [9.17, 15) is 9.59 Å². The summed E-state index contributed by atoms with van der Waals surface area (Å²) in [5.74, 6) is 1.24. The second kappa shape index (κ2) is 9.91. The van der Waals surface area contributed by atoms with Gasteiger partial charge in [-0.05, 0) is 57.6 Å². The molecule has 1 aliphatic rings. The zero-order valence-electron chi connectivity index (χ0n) is 17.1. The number of carbonyl (C=O) groups excluding carboxylic acids is 2. The second-order valence-corrected chi connectivity index (χ2v) is 8.51. The molecule has 29 heavy (non-hydrogen) atoms. The van der Waals surface area contributed by atoms with Crippen molar-refractivity contribution >= 4 is 23.6 Å². The Morgan fingerprint density at radius 2 is 2.03 bits per heavy atom. The van der Waals surface area contributed by atoms with Crippen molar-refractivity contribution in [2.45, 2.75) is 63.3 Å². The Balaban J connectivity index is 1.53. The van der Waals surface area contributed by atoms with E-state index in [1.165, 1.54) is 11.8 Å². The maximum absolute atomic E-state index is 12.5. The number of nitrogens with zero attached hydrogens (tertiary/aromatic N) is 2. The van der Waals surface area contributed by atoms with Gasteiger partial charge in [0.25, 0.3) is 5.91 Å². The van der Waals surface area contributed by atoms with Gasteiger partial charge in [-0.15, -0.1) is 11.8 Å². The highest BCUT2D eigenvalue weighted by Gasteiger charge is 2.21. The van der Waals surface area contributed by atoms with Gasteiger partial charge in [0.05, 0.1) is 11.3 Å². The summed E-state index contributed by atoms with van der Waals surface area (Å²) in [6, 6.07) is 3.52. The van der Waals surface area contributed by atoms with Crippen molar-refractivity contribution < 1.29 is 18.8 Å². The molecular weight excluding hydrogens is 390 g/mol. The van der Waals surface area contributed by atoms with Crippen molar-refractivity contribution in [3.8, 4) is 0 Å². The third-order valence-corrected chi connectivity index (χ3v) is 6.27. The average Bonchev–Trinajstić information content (AvgIpc) is 3.04. The number of hydrogen-bond acceptors (Lipinski definition) is 7. The minimum Gasteiger partial charge on any atom is -0.452 e. The molecule has 1 saturated carbocycles. The third-order valence-electron chi connectivity index (χ3n) is 5.24. The maximum atomic E-state index is 12.5. The van der Waals surface area contributed by atoms with E-state index in [1.807, 2.05) is 13.8 Å². The molecule has 0 saturated heterocycles. The topological polar surface area (TPSA) is 94.3 Å². The molecule has 2 heterocycles. The van der Waals surface area contributed by atoms with Crippen LogP contribution in [0.15, 0.2) is 27.9 Å². The molecule has 0 bridgehead atoms. The van der Waals surface area contributed by atoms with E-state index in [1.54, 1.807) is 18.3 Å². The van der Waals surface area contributed by atoms with Crippen LogP contribution >= 0.6 is 11.8 Å².